The fourth-order valence-corrected chi connectivity index (χ4v) is 2.77. The number of rotatable bonds is 5. The summed E-state index contributed by atoms with van der Waals surface area (Å²) in [4.78, 5) is 32.2. The molecule has 122 valence electrons. The molecule has 2 aromatic rings. The first-order chi connectivity index (χ1) is 11.0. The highest BCUT2D eigenvalue weighted by atomic mass is 32.2. The van der Waals surface area contributed by atoms with Gasteiger partial charge in [-0.15, -0.1) is 0 Å². The van der Waals surface area contributed by atoms with E-state index in [1.165, 1.54) is 11.8 Å². The number of aryl methyl sites for hydroxylation is 1. The summed E-state index contributed by atoms with van der Waals surface area (Å²) in [5.74, 6) is 0.758. The van der Waals surface area contributed by atoms with Crippen molar-refractivity contribution in [1.82, 2.24) is 20.6 Å². The molecule has 2 rings (SSSR count). The van der Waals surface area contributed by atoms with Crippen molar-refractivity contribution in [3.05, 3.63) is 30.1 Å². The molecule has 0 bridgehead atoms. The van der Waals surface area contributed by atoms with Gasteiger partial charge in [0.25, 0.3) is 0 Å². The molecule has 0 aliphatic carbocycles. The highest BCUT2D eigenvalue weighted by Gasteiger charge is 2.11. The Morgan fingerprint density at radius 2 is 1.96 bits per heavy atom. The van der Waals surface area contributed by atoms with Gasteiger partial charge in [0.05, 0.1) is 11.3 Å². The van der Waals surface area contributed by atoms with Crippen molar-refractivity contribution in [3.8, 4) is 0 Å². The van der Waals surface area contributed by atoms with Crippen LogP contribution in [0.15, 0.2) is 29.3 Å². The molecule has 0 aliphatic rings. The van der Waals surface area contributed by atoms with Crippen molar-refractivity contribution in [3.63, 3.8) is 0 Å². The molecule has 2 N–H and O–H groups in total. The van der Waals surface area contributed by atoms with Crippen LogP contribution >= 0.6 is 11.8 Å². The summed E-state index contributed by atoms with van der Waals surface area (Å²) in [6, 6.07) is 7.19. The van der Waals surface area contributed by atoms with E-state index in [4.69, 9.17) is 0 Å². The van der Waals surface area contributed by atoms with Gasteiger partial charge in [-0.05, 0) is 18.9 Å². The Labute approximate surface area is 139 Å². The molecule has 0 atom stereocenters. The standard InChI is InChI=1S/C16H20N4O2S/c1-10(2)8-17-16(22)20-14(21)9-23-15-12-6-4-5-7-13(12)18-11(3)19-15/h4-7,10H,8-9H2,1-3H3,(H2,17,20,21,22). The molecular weight excluding hydrogens is 312 g/mol. The highest BCUT2D eigenvalue weighted by Crippen LogP contribution is 2.24. The van der Waals surface area contributed by atoms with Crippen LogP contribution in [-0.2, 0) is 4.79 Å². The van der Waals surface area contributed by atoms with Crippen LogP contribution in [0.3, 0.4) is 0 Å². The van der Waals surface area contributed by atoms with Gasteiger partial charge in [-0.2, -0.15) is 0 Å². The van der Waals surface area contributed by atoms with Crippen LogP contribution in [0.5, 0.6) is 0 Å². The number of aromatic nitrogens is 2. The average Bonchev–Trinajstić information content (AvgIpc) is 2.50. The second kappa shape index (κ2) is 7.92. The summed E-state index contributed by atoms with van der Waals surface area (Å²) in [5, 5.41) is 6.60. The Bertz CT molecular complexity index is 718. The van der Waals surface area contributed by atoms with Gasteiger partial charge in [0, 0.05) is 11.9 Å². The first-order valence-corrected chi connectivity index (χ1v) is 8.38. The first kappa shape index (κ1) is 17.2. The van der Waals surface area contributed by atoms with Gasteiger partial charge in [-0.3, -0.25) is 10.1 Å². The fourth-order valence-electron chi connectivity index (χ4n) is 1.91. The molecule has 0 unspecified atom stereocenters. The second-order valence-electron chi connectivity index (χ2n) is 5.53. The molecule has 1 aromatic heterocycles. The summed E-state index contributed by atoms with van der Waals surface area (Å²) in [5.41, 5.74) is 0.845. The molecule has 1 aromatic carbocycles. The lowest BCUT2D eigenvalue weighted by Crippen LogP contribution is -2.41. The number of hydrogen-bond donors (Lipinski definition) is 2. The molecule has 3 amide bonds. The predicted molar refractivity (Wildman–Crippen MR) is 91.4 cm³/mol. The number of nitrogens with one attached hydrogen (secondary N) is 2. The molecule has 6 nitrogen and oxygen atoms in total. The Balaban J connectivity index is 1.96. The van der Waals surface area contributed by atoms with E-state index in [1.54, 1.807) is 0 Å². The van der Waals surface area contributed by atoms with Crippen LogP contribution in [0.4, 0.5) is 4.79 Å². The molecule has 0 fully saturated rings. The van der Waals surface area contributed by atoms with Crippen molar-refractivity contribution in [2.45, 2.75) is 25.8 Å². The molecule has 0 aliphatic heterocycles. The van der Waals surface area contributed by atoms with Crippen LogP contribution in [-0.4, -0.2) is 34.2 Å². The quantitative estimate of drug-likeness (QED) is 0.649. The van der Waals surface area contributed by atoms with Crippen molar-refractivity contribution < 1.29 is 9.59 Å². The molecule has 1 heterocycles. The van der Waals surface area contributed by atoms with Crippen molar-refractivity contribution in [1.29, 1.82) is 0 Å². The number of thioether (sulfide) groups is 1. The van der Waals surface area contributed by atoms with E-state index in [1.807, 2.05) is 45.0 Å². The van der Waals surface area contributed by atoms with E-state index < -0.39 is 6.03 Å². The summed E-state index contributed by atoms with van der Waals surface area (Å²) in [6.07, 6.45) is 0. The zero-order valence-electron chi connectivity index (χ0n) is 13.4. The summed E-state index contributed by atoms with van der Waals surface area (Å²) >= 11 is 1.30. The molecule has 7 heteroatoms. The molecule has 0 spiro atoms. The van der Waals surface area contributed by atoms with Gasteiger partial charge < -0.3 is 5.32 Å². The Hall–Kier alpha value is -2.15. The monoisotopic (exact) mass is 332 g/mol. The number of carbonyl (C=O) groups is 2. The van der Waals surface area contributed by atoms with Gasteiger partial charge in [0.1, 0.15) is 10.9 Å². The normalized spacial score (nSPS) is 10.8. The zero-order valence-corrected chi connectivity index (χ0v) is 14.2. The average molecular weight is 332 g/mol. The number of para-hydroxylation sites is 1. The van der Waals surface area contributed by atoms with E-state index in [0.29, 0.717) is 18.3 Å². The fraction of sp³-hybridized carbons (Fsp3) is 0.375. The molecule has 0 radical (unpaired) electrons. The van der Waals surface area contributed by atoms with Crippen molar-refractivity contribution in [2.75, 3.05) is 12.3 Å². The van der Waals surface area contributed by atoms with Crippen LogP contribution in [0.1, 0.15) is 19.7 Å². The van der Waals surface area contributed by atoms with Crippen LogP contribution in [0.2, 0.25) is 0 Å². The van der Waals surface area contributed by atoms with Crippen molar-refractivity contribution >= 4 is 34.6 Å². The Morgan fingerprint density at radius 3 is 2.70 bits per heavy atom. The largest absolute Gasteiger partial charge is 0.338 e. The van der Waals surface area contributed by atoms with Gasteiger partial charge >= 0.3 is 6.03 Å². The topological polar surface area (TPSA) is 84.0 Å². The molecule has 0 saturated heterocycles. The van der Waals surface area contributed by atoms with E-state index in [2.05, 4.69) is 20.6 Å². The number of imide groups is 1. The van der Waals surface area contributed by atoms with Gasteiger partial charge in [-0.25, -0.2) is 14.8 Å². The third kappa shape index (κ3) is 5.21. The Morgan fingerprint density at radius 1 is 1.22 bits per heavy atom. The third-order valence-electron chi connectivity index (χ3n) is 2.94. The maximum atomic E-state index is 11.9. The number of carbonyl (C=O) groups excluding carboxylic acids is 2. The first-order valence-electron chi connectivity index (χ1n) is 7.39. The number of benzene rings is 1. The lowest BCUT2D eigenvalue weighted by Gasteiger charge is -2.09. The number of hydrogen-bond acceptors (Lipinski definition) is 5. The van der Waals surface area contributed by atoms with E-state index in [9.17, 15) is 9.59 Å². The zero-order chi connectivity index (χ0) is 16.8. The van der Waals surface area contributed by atoms with Gasteiger partial charge in [-0.1, -0.05) is 43.8 Å². The minimum absolute atomic E-state index is 0.121. The van der Waals surface area contributed by atoms with Crippen LogP contribution in [0, 0.1) is 12.8 Å². The number of urea groups is 1. The second-order valence-corrected chi connectivity index (χ2v) is 6.50. The Kier molecular flexibility index (Phi) is 5.92. The maximum absolute atomic E-state index is 11.9. The minimum Gasteiger partial charge on any atom is -0.338 e. The van der Waals surface area contributed by atoms with E-state index in [0.717, 1.165) is 15.9 Å². The lowest BCUT2D eigenvalue weighted by molar-refractivity contribution is -0.117. The third-order valence-corrected chi connectivity index (χ3v) is 3.94. The maximum Gasteiger partial charge on any atom is 0.321 e. The minimum atomic E-state index is -0.465. The number of fused-ring (bicyclic) bond motifs is 1. The highest BCUT2D eigenvalue weighted by molar-refractivity contribution is 8.00. The van der Waals surface area contributed by atoms with Gasteiger partial charge in [0.2, 0.25) is 5.91 Å². The van der Waals surface area contributed by atoms with E-state index >= 15 is 0 Å². The summed E-state index contributed by atoms with van der Waals surface area (Å²) < 4.78 is 0. The predicted octanol–water partition coefficient (Wildman–Crippen LogP) is 2.51. The SMILES string of the molecule is Cc1nc(SCC(=O)NC(=O)NCC(C)C)c2ccccc2n1. The van der Waals surface area contributed by atoms with Crippen molar-refractivity contribution in [2.24, 2.45) is 5.92 Å². The summed E-state index contributed by atoms with van der Waals surface area (Å²) in [6.45, 7) is 6.32. The summed E-state index contributed by atoms with van der Waals surface area (Å²) in [7, 11) is 0. The number of amides is 3. The van der Waals surface area contributed by atoms with E-state index in [-0.39, 0.29) is 11.7 Å². The number of nitrogens with zero attached hydrogens (tertiary/aromatic N) is 2. The lowest BCUT2D eigenvalue weighted by atomic mass is 10.2. The van der Waals surface area contributed by atoms with Gasteiger partial charge in [0.15, 0.2) is 0 Å². The molecule has 0 saturated carbocycles. The van der Waals surface area contributed by atoms with Crippen LogP contribution in [0.25, 0.3) is 10.9 Å². The van der Waals surface area contributed by atoms with Crippen LogP contribution < -0.4 is 10.6 Å². The molecular formula is C16H20N4O2S. The molecule has 23 heavy (non-hydrogen) atoms. The smallest absolute Gasteiger partial charge is 0.321 e.